The summed E-state index contributed by atoms with van der Waals surface area (Å²) >= 11 is 1.58. The van der Waals surface area contributed by atoms with Crippen molar-refractivity contribution in [2.75, 3.05) is 25.4 Å². The van der Waals surface area contributed by atoms with E-state index < -0.39 is 17.8 Å². The second-order valence-corrected chi connectivity index (χ2v) is 18.9. The van der Waals surface area contributed by atoms with Crippen molar-refractivity contribution in [2.24, 2.45) is 34.5 Å². The van der Waals surface area contributed by atoms with E-state index in [-0.39, 0.29) is 66.1 Å². The molecule has 3 N–H and O–H groups in total. The zero-order valence-electron chi connectivity index (χ0n) is 35.0. The number of rotatable bonds is 22. The normalized spacial score (nSPS) is 27.8. The molecule has 322 valence electrons. The van der Waals surface area contributed by atoms with Gasteiger partial charge in [-0.1, -0.05) is 26.7 Å². The third kappa shape index (κ3) is 11.4. The predicted octanol–water partition coefficient (Wildman–Crippen LogP) is 6.03. The van der Waals surface area contributed by atoms with Crippen LogP contribution in [0.2, 0.25) is 0 Å². The van der Waals surface area contributed by atoms with Crippen molar-refractivity contribution in [2.45, 2.75) is 156 Å². The van der Waals surface area contributed by atoms with Gasteiger partial charge in [-0.05, 0) is 118 Å². The van der Waals surface area contributed by atoms with Crippen molar-refractivity contribution < 1.29 is 43.2 Å². The maximum Gasteiger partial charge on any atom is 0.333 e. The number of nitrogens with one attached hydrogen (secondary N) is 3. The Balaban J connectivity index is 0.863. The molecular weight excluding hydrogens is 761 g/mol. The molecule has 14 heteroatoms. The molecule has 58 heavy (non-hydrogen) atoms. The van der Waals surface area contributed by atoms with Gasteiger partial charge in [0.05, 0.1) is 4.91 Å². The van der Waals surface area contributed by atoms with Crippen molar-refractivity contribution >= 4 is 58.8 Å². The van der Waals surface area contributed by atoms with Crippen LogP contribution in [0.4, 0.5) is 0 Å². The van der Waals surface area contributed by atoms with E-state index in [9.17, 15) is 38.4 Å². The van der Waals surface area contributed by atoms with Gasteiger partial charge in [0.1, 0.15) is 5.78 Å². The topological polar surface area (TPSA) is 185 Å². The summed E-state index contributed by atoms with van der Waals surface area (Å²) in [5.74, 6) is 1.30. The highest BCUT2D eigenvalue weighted by molar-refractivity contribution is 8.04. The summed E-state index contributed by atoms with van der Waals surface area (Å²) < 4.78 is 0. The number of unbranched alkanes of at least 4 members (excludes halogenated alkanes) is 4. The first kappa shape index (κ1) is 45.5. The fraction of sp³-hybridized carbons (Fsp3) is 0.773. The second kappa shape index (κ2) is 21.1. The summed E-state index contributed by atoms with van der Waals surface area (Å²) in [5, 5.41) is 9.19. The number of Topliss-reactive ketones (excluding diaryl/α,β-unsaturated/α-hetero) is 2. The standard InChI is InChI=1S/C44H66N4O9S/c1-29(49)31-16-17-32-30-14-15-34-42(35(50)21-24-44(34,3)33(30)20-23-43(31,32)2)58-28-22-38(53)46-26-9-5-6-11-36(51)45-25-8-4-7-12-37(52)47-27-10-13-41(56)57-48-39(54)18-19-40(48)55/h30-33H,4-28H2,1-3H3,(H,45,51)(H,46,53)(H,47,52)/t30?,31?,32?,33?,43-,44-/m1/s1. The molecule has 0 bridgehead atoms. The number of thioether (sulfide) groups is 1. The molecule has 0 aromatic heterocycles. The van der Waals surface area contributed by atoms with Gasteiger partial charge >= 0.3 is 5.97 Å². The first-order chi connectivity index (χ1) is 27.7. The molecule has 13 nitrogen and oxygen atoms in total. The van der Waals surface area contributed by atoms with Gasteiger partial charge in [-0.3, -0.25) is 33.6 Å². The average Bonchev–Trinajstić information content (AvgIpc) is 3.71. The van der Waals surface area contributed by atoms with Gasteiger partial charge in [0, 0.05) is 76.3 Å². The highest BCUT2D eigenvalue weighted by atomic mass is 32.2. The third-order valence-corrected chi connectivity index (χ3v) is 15.2. The number of imide groups is 1. The summed E-state index contributed by atoms with van der Waals surface area (Å²) in [7, 11) is 0. The Morgan fingerprint density at radius 3 is 1.90 bits per heavy atom. The van der Waals surface area contributed by atoms with Crippen LogP contribution in [0.15, 0.2) is 10.5 Å². The van der Waals surface area contributed by atoms with Crippen molar-refractivity contribution in [1.29, 1.82) is 0 Å². The zero-order valence-corrected chi connectivity index (χ0v) is 35.8. The first-order valence-electron chi connectivity index (χ1n) is 22.0. The van der Waals surface area contributed by atoms with Crippen molar-refractivity contribution in [3.05, 3.63) is 10.5 Å². The molecule has 1 saturated heterocycles. The summed E-state index contributed by atoms with van der Waals surface area (Å²) in [4.78, 5) is 103. The maximum absolute atomic E-state index is 13.2. The van der Waals surface area contributed by atoms with Crippen LogP contribution in [-0.4, -0.2) is 77.5 Å². The lowest BCUT2D eigenvalue weighted by atomic mass is 9.46. The van der Waals surface area contributed by atoms with Gasteiger partial charge < -0.3 is 20.8 Å². The molecule has 5 amide bonds. The molecule has 4 unspecified atom stereocenters. The molecule has 1 heterocycles. The van der Waals surface area contributed by atoms with E-state index in [0.717, 1.165) is 82.0 Å². The van der Waals surface area contributed by atoms with Gasteiger partial charge in [-0.25, -0.2) is 4.79 Å². The van der Waals surface area contributed by atoms with E-state index in [4.69, 9.17) is 4.84 Å². The Labute approximate surface area is 348 Å². The predicted molar refractivity (Wildman–Crippen MR) is 219 cm³/mol. The molecular formula is C44H66N4O9S. The minimum atomic E-state index is -0.689. The summed E-state index contributed by atoms with van der Waals surface area (Å²) in [6.07, 6.45) is 14.1. The number of hydroxylamine groups is 2. The Hall–Kier alpha value is -3.55. The first-order valence-corrected chi connectivity index (χ1v) is 23.0. The molecule has 6 atom stereocenters. The van der Waals surface area contributed by atoms with E-state index >= 15 is 0 Å². The molecule has 5 rings (SSSR count). The molecule has 3 saturated carbocycles. The van der Waals surface area contributed by atoms with E-state index in [1.165, 1.54) is 5.57 Å². The molecule has 0 aromatic rings. The molecule has 4 fully saturated rings. The summed E-state index contributed by atoms with van der Waals surface area (Å²) in [6, 6.07) is 0. The van der Waals surface area contributed by atoms with Crippen LogP contribution in [-0.2, 0) is 43.2 Å². The number of ketones is 2. The van der Waals surface area contributed by atoms with Crippen LogP contribution in [0.1, 0.15) is 156 Å². The molecule has 5 aliphatic rings. The molecule has 4 aliphatic carbocycles. The number of allylic oxidation sites excluding steroid dienone is 1. The number of amides is 5. The smallest absolute Gasteiger partial charge is 0.333 e. The highest BCUT2D eigenvalue weighted by Gasteiger charge is 2.60. The van der Waals surface area contributed by atoms with Crippen LogP contribution >= 0.6 is 11.8 Å². The monoisotopic (exact) mass is 826 g/mol. The van der Waals surface area contributed by atoms with Crippen LogP contribution < -0.4 is 16.0 Å². The van der Waals surface area contributed by atoms with E-state index in [2.05, 4.69) is 29.8 Å². The van der Waals surface area contributed by atoms with Gasteiger partial charge in [-0.2, -0.15) is 0 Å². The lowest BCUT2D eigenvalue weighted by Crippen LogP contribution is -2.51. The van der Waals surface area contributed by atoms with Gasteiger partial charge in [-0.15, -0.1) is 16.8 Å². The number of hydrogen-bond donors (Lipinski definition) is 3. The molecule has 0 spiro atoms. The van der Waals surface area contributed by atoms with Crippen LogP contribution in [0, 0.1) is 34.5 Å². The van der Waals surface area contributed by atoms with Crippen molar-refractivity contribution in [3.8, 4) is 0 Å². The summed E-state index contributed by atoms with van der Waals surface area (Å²) in [6.45, 7) is 7.95. The van der Waals surface area contributed by atoms with Gasteiger partial charge in [0.25, 0.3) is 11.8 Å². The van der Waals surface area contributed by atoms with Crippen molar-refractivity contribution in [3.63, 3.8) is 0 Å². The molecule has 1 aliphatic heterocycles. The van der Waals surface area contributed by atoms with E-state index in [1.807, 2.05) is 0 Å². The van der Waals surface area contributed by atoms with Crippen LogP contribution in [0.5, 0.6) is 0 Å². The van der Waals surface area contributed by atoms with Gasteiger partial charge in [0.15, 0.2) is 5.78 Å². The number of carbonyl (C=O) groups is 8. The quantitative estimate of drug-likeness (QED) is 0.0860. The minimum Gasteiger partial charge on any atom is -0.356 e. The van der Waals surface area contributed by atoms with Gasteiger partial charge in [0.2, 0.25) is 17.7 Å². The zero-order chi connectivity index (χ0) is 41.9. The lowest BCUT2D eigenvalue weighted by Gasteiger charge is -2.58. The fourth-order valence-corrected chi connectivity index (χ4v) is 12.2. The summed E-state index contributed by atoms with van der Waals surface area (Å²) in [5.41, 5.74) is 1.50. The highest BCUT2D eigenvalue weighted by Crippen LogP contribution is 2.67. The van der Waals surface area contributed by atoms with E-state index in [1.54, 1.807) is 18.7 Å². The van der Waals surface area contributed by atoms with Crippen molar-refractivity contribution in [1.82, 2.24) is 21.0 Å². The Bertz CT molecular complexity index is 1600. The Morgan fingerprint density at radius 1 is 0.672 bits per heavy atom. The van der Waals surface area contributed by atoms with Crippen LogP contribution in [0.3, 0.4) is 0 Å². The molecule has 0 aromatic carbocycles. The lowest BCUT2D eigenvalue weighted by molar-refractivity contribution is -0.197. The number of hydrogen-bond acceptors (Lipinski definition) is 10. The Kier molecular flexibility index (Phi) is 16.6. The minimum absolute atomic E-state index is 0.00451. The largest absolute Gasteiger partial charge is 0.356 e. The maximum atomic E-state index is 13.2. The van der Waals surface area contributed by atoms with Crippen LogP contribution in [0.25, 0.3) is 0 Å². The fourth-order valence-electron chi connectivity index (χ4n) is 10.9. The SMILES string of the molecule is CC(=O)C1CCC2C3CCC4=C(SCCC(=O)NCCCCCC(=O)NCCCCCC(=O)NCCCC(=O)ON5C(=O)CCC5=O)C(=O)CC[C@]4(C)C3CC[C@]12C. The third-order valence-electron chi connectivity index (χ3n) is 14.0. The second-order valence-electron chi connectivity index (χ2n) is 17.8. The number of nitrogens with zero attached hydrogens (tertiary/aromatic N) is 1. The van der Waals surface area contributed by atoms with E-state index in [0.29, 0.717) is 86.0 Å². The average molecular weight is 827 g/mol. The number of carbonyl (C=O) groups excluding carboxylic acids is 8. The molecule has 0 radical (unpaired) electrons. The number of fused-ring (bicyclic) bond motifs is 5. The Morgan fingerprint density at radius 2 is 1.28 bits per heavy atom.